The minimum atomic E-state index is -0.512. The second-order valence-corrected chi connectivity index (χ2v) is 7.08. The van der Waals surface area contributed by atoms with Crippen LogP contribution in [-0.4, -0.2) is 35.3 Å². The Morgan fingerprint density at radius 3 is 2.74 bits per heavy atom. The van der Waals surface area contributed by atoms with Gasteiger partial charge in [0.1, 0.15) is 12.0 Å². The molecule has 0 saturated carbocycles. The van der Waals surface area contributed by atoms with Gasteiger partial charge in [-0.05, 0) is 42.3 Å². The van der Waals surface area contributed by atoms with Crippen molar-refractivity contribution in [1.29, 1.82) is 0 Å². The normalized spacial score (nSPS) is 11.9. The first kappa shape index (κ1) is 20.4. The number of fused-ring (bicyclic) bond motifs is 1. The third-order valence-electron chi connectivity index (χ3n) is 5.01. The van der Waals surface area contributed by atoms with E-state index in [4.69, 9.17) is 14.9 Å². The molecule has 31 heavy (non-hydrogen) atoms. The largest absolute Gasteiger partial charge is 0.497 e. The third kappa shape index (κ3) is 4.49. The van der Waals surface area contributed by atoms with Gasteiger partial charge in [-0.1, -0.05) is 18.2 Å². The summed E-state index contributed by atoms with van der Waals surface area (Å²) in [5.41, 5.74) is 8.86. The van der Waals surface area contributed by atoms with Crippen LogP contribution in [0.25, 0.3) is 10.9 Å². The minimum absolute atomic E-state index is 0.0758. The number of ketones is 1. The van der Waals surface area contributed by atoms with E-state index >= 15 is 0 Å². The first-order chi connectivity index (χ1) is 15.0. The highest BCUT2D eigenvalue weighted by Gasteiger charge is 2.19. The number of nitrogens with one attached hydrogen (secondary N) is 2. The molecule has 8 nitrogen and oxygen atoms in total. The molecule has 0 aliphatic heterocycles. The van der Waals surface area contributed by atoms with Gasteiger partial charge in [0.25, 0.3) is 5.91 Å². The summed E-state index contributed by atoms with van der Waals surface area (Å²) in [7, 11) is 1.55. The van der Waals surface area contributed by atoms with Gasteiger partial charge in [0.15, 0.2) is 11.5 Å². The highest BCUT2D eigenvalue weighted by molar-refractivity contribution is 6.01. The molecule has 158 valence electrons. The van der Waals surface area contributed by atoms with E-state index in [1.807, 2.05) is 30.5 Å². The van der Waals surface area contributed by atoms with Crippen molar-refractivity contribution >= 4 is 22.6 Å². The van der Waals surface area contributed by atoms with Gasteiger partial charge in [0.2, 0.25) is 5.89 Å². The lowest BCUT2D eigenvalue weighted by Gasteiger charge is -2.06. The quantitative estimate of drug-likeness (QED) is 0.378. The number of benzene rings is 2. The van der Waals surface area contributed by atoms with Crippen LogP contribution >= 0.6 is 0 Å². The highest BCUT2D eigenvalue weighted by atomic mass is 16.5. The molecule has 1 unspecified atom stereocenters. The number of aromatic nitrogens is 2. The number of methoxy groups -OCH3 is 1. The lowest BCUT2D eigenvalue weighted by Crippen LogP contribution is -2.29. The number of H-pyrrole nitrogens is 1. The topological polar surface area (TPSA) is 123 Å². The van der Waals surface area contributed by atoms with Crippen LogP contribution in [0.15, 0.2) is 65.4 Å². The summed E-state index contributed by atoms with van der Waals surface area (Å²) >= 11 is 0. The van der Waals surface area contributed by atoms with Crippen LogP contribution in [-0.2, 0) is 6.42 Å². The average Bonchev–Trinajstić information content (AvgIpc) is 3.45. The summed E-state index contributed by atoms with van der Waals surface area (Å²) in [6, 6.07) is 14.1. The van der Waals surface area contributed by atoms with Crippen molar-refractivity contribution in [2.45, 2.75) is 12.5 Å². The number of ether oxygens (including phenoxy) is 1. The monoisotopic (exact) mass is 418 g/mol. The fraction of sp³-hybridized carbons (Fsp3) is 0.174. The Kier molecular flexibility index (Phi) is 5.81. The maximum absolute atomic E-state index is 12.4. The number of nitrogens with two attached hydrogens (primary N) is 1. The zero-order valence-electron chi connectivity index (χ0n) is 16.9. The third-order valence-corrected chi connectivity index (χ3v) is 5.01. The fourth-order valence-electron chi connectivity index (χ4n) is 3.32. The van der Waals surface area contributed by atoms with E-state index in [1.54, 1.807) is 31.4 Å². The van der Waals surface area contributed by atoms with E-state index in [9.17, 15) is 9.59 Å². The molecule has 4 N–H and O–H groups in total. The molecule has 0 aliphatic rings. The molecule has 4 aromatic rings. The Labute approximate surface area is 178 Å². The summed E-state index contributed by atoms with van der Waals surface area (Å²) in [5, 5.41) is 3.64. The molecule has 1 amide bonds. The molecule has 2 heterocycles. The van der Waals surface area contributed by atoms with Gasteiger partial charge >= 0.3 is 0 Å². The van der Waals surface area contributed by atoms with Crippen molar-refractivity contribution in [3.05, 3.63) is 83.7 Å². The van der Waals surface area contributed by atoms with Crippen molar-refractivity contribution in [2.24, 2.45) is 5.73 Å². The summed E-state index contributed by atoms with van der Waals surface area (Å²) in [5.74, 6) is 0.184. The lowest BCUT2D eigenvalue weighted by molar-refractivity contribution is 0.0900. The summed E-state index contributed by atoms with van der Waals surface area (Å²) in [6.45, 7) is -0.158. The number of para-hydroxylation sites is 1. The predicted octanol–water partition coefficient (Wildman–Crippen LogP) is 3.02. The van der Waals surface area contributed by atoms with Crippen LogP contribution in [0.2, 0.25) is 0 Å². The van der Waals surface area contributed by atoms with Gasteiger partial charge in [-0.15, -0.1) is 0 Å². The fourth-order valence-corrected chi connectivity index (χ4v) is 3.32. The van der Waals surface area contributed by atoms with E-state index in [0.717, 1.165) is 16.5 Å². The number of aromatic amines is 1. The zero-order chi connectivity index (χ0) is 21.8. The molecule has 1 atom stereocenters. The number of carbonyl (C=O) groups excluding carboxylic acids is 2. The molecule has 0 fully saturated rings. The van der Waals surface area contributed by atoms with Crippen LogP contribution in [0.1, 0.15) is 38.3 Å². The number of oxazole rings is 1. The van der Waals surface area contributed by atoms with E-state index in [1.165, 1.54) is 6.26 Å². The van der Waals surface area contributed by atoms with E-state index in [-0.39, 0.29) is 23.9 Å². The van der Waals surface area contributed by atoms with Gasteiger partial charge < -0.3 is 25.2 Å². The number of Topliss-reactive ketones (excluding diaryl/α,β-unsaturated/α-hetero) is 1. The van der Waals surface area contributed by atoms with Gasteiger partial charge in [-0.2, -0.15) is 0 Å². The smallest absolute Gasteiger partial charge is 0.273 e. The molecular formula is C23H22N4O4. The van der Waals surface area contributed by atoms with Crippen LogP contribution in [0, 0.1) is 0 Å². The molecule has 4 rings (SSSR count). The summed E-state index contributed by atoms with van der Waals surface area (Å²) < 4.78 is 10.5. The molecule has 0 aliphatic carbocycles. The first-order valence-electron chi connectivity index (χ1n) is 9.76. The van der Waals surface area contributed by atoms with Crippen molar-refractivity contribution < 1.29 is 18.7 Å². The first-order valence-corrected chi connectivity index (χ1v) is 9.76. The Hall–Kier alpha value is -3.91. The van der Waals surface area contributed by atoms with Crippen LogP contribution < -0.4 is 15.8 Å². The summed E-state index contributed by atoms with van der Waals surface area (Å²) in [6.07, 6.45) is 3.66. The van der Waals surface area contributed by atoms with Gasteiger partial charge in [-0.25, -0.2) is 4.98 Å². The molecule has 0 bridgehead atoms. The van der Waals surface area contributed by atoms with E-state index in [0.29, 0.717) is 17.7 Å². The number of hydrogen-bond donors (Lipinski definition) is 3. The molecule has 0 radical (unpaired) electrons. The van der Waals surface area contributed by atoms with E-state index < -0.39 is 11.9 Å². The van der Waals surface area contributed by atoms with Gasteiger partial charge in [0.05, 0.1) is 19.7 Å². The van der Waals surface area contributed by atoms with Crippen molar-refractivity contribution in [3.8, 4) is 5.75 Å². The minimum Gasteiger partial charge on any atom is -0.497 e. The molecule has 0 saturated heterocycles. The SMILES string of the molecule is COc1ccc(C(=O)CNC(=O)c2coc(C(N)Cc3c[nH]c4ccccc34)n2)cc1. The average molecular weight is 418 g/mol. The highest BCUT2D eigenvalue weighted by Crippen LogP contribution is 2.23. The van der Waals surface area contributed by atoms with E-state index in [2.05, 4.69) is 15.3 Å². The van der Waals surface area contributed by atoms with Crippen LogP contribution in [0.3, 0.4) is 0 Å². The molecule has 0 spiro atoms. The molecule has 2 aromatic heterocycles. The van der Waals surface area contributed by atoms with Crippen molar-refractivity contribution in [2.75, 3.05) is 13.7 Å². The van der Waals surface area contributed by atoms with Crippen LogP contribution in [0.5, 0.6) is 5.75 Å². The van der Waals surface area contributed by atoms with Gasteiger partial charge in [0, 0.05) is 22.7 Å². The Morgan fingerprint density at radius 1 is 1.19 bits per heavy atom. The second kappa shape index (κ2) is 8.85. The maximum atomic E-state index is 12.4. The number of amides is 1. The number of rotatable bonds is 8. The second-order valence-electron chi connectivity index (χ2n) is 7.08. The Morgan fingerprint density at radius 2 is 1.97 bits per heavy atom. The maximum Gasteiger partial charge on any atom is 0.273 e. The molecule has 2 aromatic carbocycles. The lowest BCUT2D eigenvalue weighted by atomic mass is 10.1. The zero-order valence-corrected chi connectivity index (χ0v) is 16.9. The van der Waals surface area contributed by atoms with Gasteiger partial charge in [-0.3, -0.25) is 9.59 Å². The standard InChI is InChI=1S/C23H22N4O4/c1-30-16-8-6-14(7-9-16)21(28)12-26-22(29)20-13-31-23(27-20)18(24)10-15-11-25-19-5-3-2-4-17(15)19/h2-9,11,13,18,25H,10,12,24H2,1H3,(H,26,29). The van der Waals surface area contributed by atoms with Crippen LogP contribution in [0.4, 0.5) is 0 Å². The number of carbonyl (C=O) groups is 2. The predicted molar refractivity (Wildman–Crippen MR) is 115 cm³/mol. The Bertz CT molecular complexity index is 1210. The number of nitrogens with zero attached hydrogens (tertiary/aromatic N) is 1. The Balaban J connectivity index is 1.36. The van der Waals surface area contributed by atoms with Crippen molar-refractivity contribution in [3.63, 3.8) is 0 Å². The summed E-state index contributed by atoms with van der Waals surface area (Å²) in [4.78, 5) is 32.0. The molecular weight excluding hydrogens is 396 g/mol. The van der Waals surface area contributed by atoms with Crippen molar-refractivity contribution in [1.82, 2.24) is 15.3 Å². The molecule has 8 heteroatoms. The number of hydrogen-bond acceptors (Lipinski definition) is 6.